The average molecular weight is 381 g/mol. The molecule has 1 N–H and O–H groups in total. The third-order valence-corrected chi connectivity index (χ3v) is 5.76. The number of anilines is 1. The van der Waals surface area contributed by atoms with Gasteiger partial charge in [0.05, 0.1) is 12.1 Å². The van der Waals surface area contributed by atoms with Gasteiger partial charge in [0.25, 0.3) is 0 Å². The summed E-state index contributed by atoms with van der Waals surface area (Å²) in [6.07, 6.45) is 6.59. The standard InChI is InChI=1S/C19H19F4N3O/c20-14-8-15(21)19(23)13(18(14)22)9-26-4-3-16(25-26)24-17(27)7-12-6-10-1-2-11(12)5-10/h3-4,8,10-12H,1-2,5-7,9H2,(H,24,25,27). The van der Waals surface area contributed by atoms with Gasteiger partial charge in [-0.1, -0.05) is 6.42 Å². The number of halogens is 4. The van der Waals surface area contributed by atoms with Crippen LogP contribution < -0.4 is 5.32 Å². The minimum absolute atomic E-state index is 0.146. The fourth-order valence-electron chi connectivity index (χ4n) is 4.50. The third kappa shape index (κ3) is 3.57. The molecule has 0 aliphatic heterocycles. The molecule has 3 unspecified atom stereocenters. The number of benzene rings is 1. The fourth-order valence-corrected chi connectivity index (χ4v) is 4.50. The van der Waals surface area contributed by atoms with Crippen LogP contribution in [0.4, 0.5) is 23.4 Å². The van der Waals surface area contributed by atoms with Gasteiger partial charge in [-0.05, 0) is 37.0 Å². The molecule has 3 atom stereocenters. The molecule has 1 aromatic carbocycles. The van der Waals surface area contributed by atoms with Gasteiger partial charge in [0.1, 0.15) is 0 Å². The number of nitrogens with one attached hydrogen (secondary N) is 1. The average Bonchev–Trinajstić information content (AvgIpc) is 3.34. The van der Waals surface area contributed by atoms with E-state index in [9.17, 15) is 22.4 Å². The van der Waals surface area contributed by atoms with Crippen LogP contribution in [0.1, 0.15) is 37.7 Å². The van der Waals surface area contributed by atoms with Crippen molar-refractivity contribution in [3.63, 3.8) is 0 Å². The molecular weight excluding hydrogens is 362 g/mol. The van der Waals surface area contributed by atoms with Gasteiger partial charge in [0.2, 0.25) is 5.91 Å². The van der Waals surface area contributed by atoms with Gasteiger partial charge >= 0.3 is 0 Å². The predicted octanol–water partition coefficient (Wildman–Crippen LogP) is 4.25. The van der Waals surface area contributed by atoms with Crippen LogP contribution in [-0.2, 0) is 11.3 Å². The van der Waals surface area contributed by atoms with Crippen molar-refractivity contribution in [3.8, 4) is 0 Å². The molecule has 144 valence electrons. The largest absolute Gasteiger partial charge is 0.309 e. The predicted molar refractivity (Wildman–Crippen MR) is 89.8 cm³/mol. The van der Waals surface area contributed by atoms with Gasteiger partial charge in [-0.2, -0.15) is 5.10 Å². The molecule has 1 heterocycles. The van der Waals surface area contributed by atoms with Crippen LogP contribution in [-0.4, -0.2) is 15.7 Å². The molecule has 0 spiro atoms. The first kappa shape index (κ1) is 18.0. The molecule has 2 fully saturated rings. The van der Waals surface area contributed by atoms with E-state index in [-0.39, 0.29) is 17.8 Å². The summed E-state index contributed by atoms with van der Waals surface area (Å²) in [5, 5.41) is 6.70. The fraction of sp³-hybridized carbons (Fsp3) is 0.474. The van der Waals surface area contributed by atoms with Crippen LogP contribution in [0.25, 0.3) is 0 Å². The number of amides is 1. The number of carbonyl (C=O) groups excluding carboxylic acids is 1. The van der Waals surface area contributed by atoms with Gasteiger partial charge < -0.3 is 5.32 Å². The first-order chi connectivity index (χ1) is 12.9. The summed E-state index contributed by atoms with van der Waals surface area (Å²) in [6.45, 7) is -0.491. The van der Waals surface area contributed by atoms with Gasteiger partial charge in [-0.25, -0.2) is 17.6 Å². The van der Waals surface area contributed by atoms with Gasteiger partial charge in [0.15, 0.2) is 29.1 Å². The van der Waals surface area contributed by atoms with E-state index in [1.165, 1.54) is 31.5 Å². The topological polar surface area (TPSA) is 46.9 Å². The molecule has 0 saturated heterocycles. The molecule has 27 heavy (non-hydrogen) atoms. The van der Waals surface area contributed by atoms with E-state index in [1.54, 1.807) is 0 Å². The van der Waals surface area contributed by atoms with Crippen molar-refractivity contribution >= 4 is 11.7 Å². The molecular formula is C19H19F4N3O. The van der Waals surface area contributed by atoms with Crippen molar-refractivity contribution in [2.24, 2.45) is 17.8 Å². The Kier molecular flexibility index (Phi) is 4.65. The van der Waals surface area contributed by atoms with Gasteiger partial charge in [-0.3, -0.25) is 9.48 Å². The molecule has 4 nitrogen and oxygen atoms in total. The Hall–Kier alpha value is -2.38. The van der Waals surface area contributed by atoms with Crippen molar-refractivity contribution in [2.45, 2.75) is 38.6 Å². The summed E-state index contributed by atoms with van der Waals surface area (Å²) in [6, 6.07) is 1.64. The van der Waals surface area contributed by atoms with E-state index in [1.807, 2.05) is 0 Å². The van der Waals surface area contributed by atoms with E-state index in [0.29, 0.717) is 18.3 Å². The van der Waals surface area contributed by atoms with Crippen molar-refractivity contribution in [3.05, 3.63) is 47.2 Å². The van der Waals surface area contributed by atoms with E-state index in [2.05, 4.69) is 10.4 Å². The van der Waals surface area contributed by atoms with Gasteiger partial charge in [-0.15, -0.1) is 0 Å². The summed E-state index contributed by atoms with van der Waals surface area (Å²) < 4.78 is 55.2. The molecule has 1 aromatic heterocycles. The molecule has 8 heteroatoms. The zero-order valence-corrected chi connectivity index (χ0v) is 14.5. The van der Waals surface area contributed by atoms with Crippen molar-refractivity contribution in [2.75, 3.05) is 5.32 Å². The quantitative estimate of drug-likeness (QED) is 0.622. The van der Waals surface area contributed by atoms with Crippen molar-refractivity contribution in [1.29, 1.82) is 0 Å². The molecule has 2 aliphatic carbocycles. The summed E-state index contributed by atoms with van der Waals surface area (Å²) >= 11 is 0. The second-order valence-corrected chi connectivity index (χ2v) is 7.53. The van der Waals surface area contributed by atoms with Gasteiger partial charge in [0, 0.05) is 24.8 Å². The highest BCUT2D eigenvalue weighted by molar-refractivity contribution is 5.89. The Morgan fingerprint density at radius 1 is 1.15 bits per heavy atom. The zero-order chi connectivity index (χ0) is 19.1. The lowest BCUT2D eigenvalue weighted by Crippen LogP contribution is -2.20. The first-order valence-electron chi connectivity index (χ1n) is 9.06. The van der Waals surface area contributed by atoms with Crippen LogP contribution in [0.5, 0.6) is 0 Å². The molecule has 4 rings (SSSR count). The minimum Gasteiger partial charge on any atom is -0.309 e. The third-order valence-electron chi connectivity index (χ3n) is 5.76. The second-order valence-electron chi connectivity index (χ2n) is 7.53. The normalized spacial score (nSPS) is 23.8. The molecule has 2 bridgehead atoms. The van der Waals surface area contributed by atoms with Crippen LogP contribution in [0, 0.1) is 41.0 Å². The van der Waals surface area contributed by atoms with Crippen LogP contribution in [0.2, 0.25) is 0 Å². The van der Waals surface area contributed by atoms with E-state index in [0.717, 1.165) is 17.0 Å². The highest BCUT2D eigenvalue weighted by atomic mass is 19.2. The number of nitrogens with zero attached hydrogens (tertiary/aromatic N) is 2. The van der Waals surface area contributed by atoms with E-state index in [4.69, 9.17) is 0 Å². The Morgan fingerprint density at radius 3 is 2.52 bits per heavy atom. The maximum absolute atomic E-state index is 13.8. The Bertz CT molecular complexity index is 856. The molecule has 1 amide bonds. The number of rotatable bonds is 5. The summed E-state index contributed by atoms with van der Waals surface area (Å²) in [4.78, 5) is 12.2. The number of fused-ring (bicyclic) bond motifs is 2. The lowest BCUT2D eigenvalue weighted by Gasteiger charge is -2.20. The van der Waals surface area contributed by atoms with Crippen LogP contribution in [0.3, 0.4) is 0 Å². The monoisotopic (exact) mass is 381 g/mol. The Labute approximate surface area is 153 Å². The highest BCUT2D eigenvalue weighted by Gasteiger charge is 2.40. The number of hydrogen-bond donors (Lipinski definition) is 1. The van der Waals surface area contributed by atoms with Crippen molar-refractivity contribution in [1.82, 2.24) is 9.78 Å². The second kappa shape index (κ2) is 6.98. The highest BCUT2D eigenvalue weighted by Crippen LogP contribution is 2.49. The zero-order valence-electron chi connectivity index (χ0n) is 14.5. The summed E-state index contributed by atoms with van der Waals surface area (Å²) in [5.74, 6) is -3.95. The summed E-state index contributed by atoms with van der Waals surface area (Å²) in [7, 11) is 0. The van der Waals surface area contributed by atoms with Crippen LogP contribution in [0.15, 0.2) is 18.3 Å². The lowest BCUT2D eigenvalue weighted by atomic mass is 9.86. The van der Waals surface area contributed by atoms with Crippen molar-refractivity contribution < 1.29 is 22.4 Å². The smallest absolute Gasteiger partial charge is 0.225 e. The number of carbonyl (C=O) groups is 1. The maximum Gasteiger partial charge on any atom is 0.225 e. The minimum atomic E-state index is -1.46. The number of hydrogen-bond acceptors (Lipinski definition) is 2. The summed E-state index contributed by atoms with van der Waals surface area (Å²) in [5.41, 5.74) is -0.754. The number of aromatic nitrogens is 2. The van der Waals surface area contributed by atoms with Crippen LogP contribution >= 0.6 is 0 Å². The Morgan fingerprint density at radius 2 is 1.89 bits per heavy atom. The molecule has 0 radical (unpaired) electrons. The first-order valence-corrected chi connectivity index (χ1v) is 9.06. The molecule has 2 aliphatic rings. The van der Waals surface area contributed by atoms with E-state index < -0.39 is 35.4 Å². The lowest BCUT2D eigenvalue weighted by molar-refractivity contribution is -0.117. The van der Waals surface area contributed by atoms with E-state index >= 15 is 0 Å². The maximum atomic E-state index is 13.8. The SMILES string of the molecule is O=C(CC1CC2CCC1C2)Nc1ccn(Cc2c(F)c(F)cc(F)c2F)n1. The Balaban J connectivity index is 1.40. The molecule has 2 aromatic rings. The molecule has 2 saturated carbocycles.